The number of esters is 1. The number of likely N-dealkylation sites (N-methyl/N-ethyl adjacent to an activating group) is 1. The molecule has 3 unspecified atom stereocenters. The van der Waals surface area contributed by atoms with Gasteiger partial charge in [0.1, 0.15) is 12.4 Å². The molecule has 6 nitrogen and oxygen atoms in total. The van der Waals surface area contributed by atoms with Crippen LogP contribution >= 0.6 is 0 Å². The van der Waals surface area contributed by atoms with Gasteiger partial charge < -0.3 is 14.3 Å². The first-order valence-electron chi connectivity index (χ1n) is 12.6. The molecule has 1 aromatic heterocycles. The molecule has 1 N–H and O–H groups in total. The fourth-order valence-electron chi connectivity index (χ4n) is 5.73. The number of benzene rings is 1. The lowest BCUT2D eigenvalue weighted by molar-refractivity contribution is -0.917. The van der Waals surface area contributed by atoms with Crippen molar-refractivity contribution in [2.24, 2.45) is 5.92 Å². The van der Waals surface area contributed by atoms with Crippen LogP contribution < -0.4 is 0 Å². The van der Waals surface area contributed by atoms with Crippen LogP contribution in [0.5, 0.6) is 0 Å². The van der Waals surface area contributed by atoms with E-state index in [0.29, 0.717) is 5.56 Å². The SMILES string of the molecule is C[N+]1(CCCc2ncccn2)CCCC(OC(=O)C(O)(c2ccccc2)C2CCCCC2)C1. The molecular weight excluding hydrogens is 414 g/mol. The number of aryl methyl sites for hydroxylation is 1. The lowest BCUT2D eigenvalue weighted by Crippen LogP contribution is -2.55. The van der Waals surface area contributed by atoms with E-state index in [0.717, 1.165) is 81.3 Å². The molecule has 0 amide bonds. The molecule has 2 fully saturated rings. The first-order chi connectivity index (χ1) is 16.0. The maximum absolute atomic E-state index is 13.5. The predicted octanol–water partition coefficient (Wildman–Crippen LogP) is 4.03. The van der Waals surface area contributed by atoms with Crippen molar-refractivity contribution in [1.82, 2.24) is 9.97 Å². The second kappa shape index (κ2) is 10.7. The van der Waals surface area contributed by atoms with E-state index in [9.17, 15) is 9.90 Å². The van der Waals surface area contributed by atoms with Crippen LogP contribution in [0.25, 0.3) is 0 Å². The molecular formula is C27H38N3O3+. The summed E-state index contributed by atoms with van der Waals surface area (Å²) in [5.41, 5.74) is -0.898. The van der Waals surface area contributed by atoms with Gasteiger partial charge in [0.05, 0.1) is 20.1 Å². The van der Waals surface area contributed by atoms with Gasteiger partial charge in [0.25, 0.3) is 0 Å². The minimum Gasteiger partial charge on any atom is -0.454 e. The van der Waals surface area contributed by atoms with Gasteiger partial charge in [-0.2, -0.15) is 0 Å². The third-order valence-electron chi connectivity index (χ3n) is 7.58. The number of aliphatic hydroxyl groups is 1. The predicted molar refractivity (Wildman–Crippen MR) is 127 cm³/mol. The van der Waals surface area contributed by atoms with Gasteiger partial charge in [-0.05, 0) is 30.9 Å². The zero-order chi connectivity index (χ0) is 23.2. The van der Waals surface area contributed by atoms with E-state index in [-0.39, 0.29) is 12.0 Å². The Morgan fingerprint density at radius 2 is 1.79 bits per heavy atom. The zero-order valence-corrected chi connectivity index (χ0v) is 19.9. The number of carbonyl (C=O) groups excluding carboxylic acids is 1. The number of aromatic nitrogens is 2. The highest BCUT2D eigenvalue weighted by Crippen LogP contribution is 2.41. The Balaban J connectivity index is 1.41. The first kappa shape index (κ1) is 23.8. The molecule has 0 bridgehead atoms. The van der Waals surface area contributed by atoms with Crippen molar-refractivity contribution in [1.29, 1.82) is 0 Å². The van der Waals surface area contributed by atoms with Gasteiger partial charge in [0, 0.05) is 37.6 Å². The molecule has 1 saturated carbocycles. The lowest BCUT2D eigenvalue weighted by Gasteiger charge is -2.42. The van der Waals surface area contributed by atoms with Crippen molar-refractivity contribution in [2.45, 2.75) is 69.5 Å². The fourth-order valence-corrected chi connectivity index (χ4v) is 5.73. The van der Waals surface area contributed by atoms with E-state index in [4.69, 9.17) is 4.74 Å². The van der Waals surface area contributed by atoms with Crippen LogP contribution in [0.1, 0.15) is 62.8 Å². The minimum absolute atomic E-state index is 0.0866. The number of carbonyl (C=O) groups is 1. The number of rotatable bonds is 8. The van der Waals surface area contributed by atoms with Crippen LogP contribution in [-0.4, -0.2) is 58.3 Å². The van der Waals surface area contributed by atoms with E-state index in [2.05, 4.69) is 17.0 Å². The van der Waals surface area contributed by atoms with E-state index in [1.807, 2.05) is 36.4 Å². The van der Waals surface area contributed by atoms with Gasteiger partial charge >= 0.3 is 5.97 Å². The summed E-state index contributed by atoms with van der Waals surface area (Å²) in [5, 5.41) is 11.8. The van der Waals surface area contributed by atoms with Gasteiger partial charge in [-0.25, -0.2) is 14.8 Å². The summed E-state index contributed by atoms with van der Waals surface area (Å²) in [6, 6.07) is 11.3. The van der Waals surface area contributed by atoms with Crippen LogP contribution in [0.2, 0.25) is 0 Å². The summed E-state index contributed by atoms with van der Waals surface area (Å²) in [5.74, 6) is 0.331. The summed E-state index contributed by atoms with van der Waals surface area (Å²) in [7, 11) is 2.25. The third kappa shape index (κ3) is 5.79. The summed E-state index contributed by atoms with van der Waals surface area (Å²) < 4.78 is 6.97. The molecule has 4 rings (SSSR count). The number of hydrogen-bond donors (Lipinski definition) is 1. The number of piperidine rings is 1. The van der Waals surface area contributed by atoms with Crippen LogP contribution in [-0.2, 0) is 21.6 Å². The second-order valence-corrected chi connectivity index (χ2v) is 10.2. The van der Waals surface area contributed by atoms with Crippen LogP contribution in [0, 0.1) is 5.92 Å². The maximum atomic E-state index is 13.5. The third-order valence-corrected chi connectivity index (χ3v) is 7.58. The topological polar surface area (TPSA) is 72.3 Å². The Labute approximate surface area is 197 Å². The first-order valence-corrected chi connectivity index (χ1v) is 12.6. The maximum Gasteiger partial charge on any atom is 0.343 e. The van der Waals surface area contributed by atoms with Gasteiger partial charge in [0.2, 0.25) is 0 Å². The van der Waals surface area contributed by atoms with E-state index < -0.39 is 11.6 Å². The Hall–Kier alpha value is -2.31. The quantitative estimate of drug-likeness (QED) is 0.484. The highest BCUT2D eigenvalue weighted by Gasteiger charge is 2.48. The van der Waals surface area contributed by atoms with Gasteiger partial charge in [-0.15, -0.1) is 0 Å². The summed E-state index contributed by atoms with van der Waals surface area (Å²) in [4.78, 5) is 22.2. The lowest BCUT2D eigenvalue weighted by atomic mass is 9.73. The van der Waals surface area contributed by atoms with Crippen LogP contribution in [0.4, 0.5) is 0 Å². The molecule has 0 radical (unpaired) electrons. The Morgan fingerprint density at radius 3 is 2.52 bits per heavy atom. The van der Waals surface area contributed by atoms with Crippen molar-refractivity contribution in [2.75, 3.05) is 26.7 Å². The van der Waals surface area contributed by atoms with Gasteiger partial charge in [0.15, 0.2) is 11.7 Å². The van der Waals surface area contributed by atoms with Crippen molar-refractivity contribution < 1.29 is 19.1 Å². The smallest absolute Gasteiger partial charge is 0.343 e. The second-order valence-electron chi connectivity index (χ2n) is 10.2. The van der Waals surface area contributed by atoms with Gasteiger partial charge in [-0.3, -0.25) is 0 Å². The zero-order valence-electron chi connectivity index (χ0n) is 19.9. The largest absolute Gasteiger partial charge is 0.454 e. The van der Waals surface area contributed by atoms with Crippen molar-refractivity contribution in [3.63, 3.8) is 0 Å². The fraction of sp³-hybridized carbons (Fsp3) is 0.593. The van der Waals surface area contributed by atoms with Crippen LogP contribution in [0.3, 0.4) is 0 Å². The molecule has 6 heteroatoms. The normalized spacial score (nSPS) is 25.8. The van der Waals surface area contributed by atoms with Crippen molar-refractivity contribution in [3.8, 4) is 0 Å². The highest BCUT2D eigenvalue weighted by atomic mass is 16.6. The van der Waals surface area contributed by atoms with E-state index in [1.54, 1.807) is 12.4 Å². The Bertz CT molecular complexity index is 888. The molecule has 2 heterocycles. The highest BCUT2D eigenvalue weighted by molar-refractivity contribution is 5.81. The summed E-state index contributed by atoms with van der Waals surface area (Å²) in [6.45, 7) is 2.87. The summed E-state index contributed by atoms with van der Waals surface area (Å²) in [6.07, 6.45) is 12.1. The number of likely N-dealkylation sites (tertiary alicyclic amines) is 1. The Morgan fingerprint density at radius 1 is 1.06 bits per heavy atom. The monoisotopic (exact) mass is 452 g/mol. The average Bonchev–Trinajstić information content (AvgIpc) is 2.85. The molecule has 2 aromatic rings. The molecule has 1 aliphatic carbocycles. The molecule has 33 heavy (non-hydrogen) atoms. The molecule has 1 aliphatic heterocycles. The molecule has 178 valence electrons. The molecule has 2 aliphatic rings. The van der Waals surface area contributed by atoms with Crippen LogP contribution in [0.15, 0.2) is 48.8 Å². The van der Waals surface area contributed by atoms with E-state index >= 15 is 0 Å². The van der Waals surface area contributed by atoms with E-state index in [1.165, 1.54) is 6.42 Å². The van der Waals surface area contributed by atoms with Crippen molar-refractivity contribution >= 4 is 5.97 Å². The van der Waals surface area contributed by atoms with Gasteiger partial charge in [-0.1, -0.05) is 49.6 Å². The standard InChI is InChI=1S/C27H38N3O3/c1-30(20-9-16-25-28-17-10-18-29-25)19-8-15-24(21-30)33-26(31)27(32,22-11-4-2-5-12-22)23-13-6-3-7-14-23/h2,4-5,10-12,17-18,23-24,32H,3,6-9,13-16,19-21H2,1H3/q+1. The Kier molecular flexibility index (Phi) is 7.76. The number of quaternary nitrogens is 1. The number of hydrogen-bond acceptors (Lipinski definition) is 5. The number of nitrogens with zero attached hydrogens (tertiary/aromatic N) is 3. The molecule has 0 spiro atoms. The molecule has 1 saturated heterocycles. The summed E-state index contributed by atoms with van der Waals surface area (Å²) >= 11 is 0. The minimum atomic E-state index is -1.56. The molecule has 1 aromatic carbocycles. The molecule has 3 atom stereocenters. The van der Waals surface area contributed by atoms with Crippen molar-refractivity contribution in [3.05, 3.63) is 60.2 Å². The average molecular weight is 453 g/mol. The number of ether oxygens (including phenoxy) is 1.